The van der Waals surface area contributed by atoms with E-state index in [1.54, 1.807) is 0 Å². The van der Waals surface area contributed by atoms with Crippen LogP contribution >= 0.6 is 0 Å². The Morgan fingerprint density at radius 3 is 2.56 bits per heavy atom. The first-order valence-corrected chi connectivity index (χ1v) is 6.25. The van der Waals surface area contributed by atoms with Gasteiger partial charge in [0, 0.05) is 24.7 Å². The van der Waals surface area contributed by atoms with Gasteiger partial charge in [0.1, 0.15) is 5.82 Å². The van der Waals surface area contributed by atoms with Crippen molar-refractivity contribution in [3.05, 3.63) is 40.8 Å². The molecule has 2 rings (SSSR count). The first-order valence-electron chi connectivity index (χ1n) is 6.25. The third-order valence-corrected chi connectivity index (χ3v) is 3.45. The largest absolute Gasteiger partial charge is 0.396 e. The number of imidazole rings is 1. The average molecular weight is 244 g/mol. The Hall–Kier alpha value is -1.61. The standard InChI is InChI=1S/C15H20N2O/c1-10-5-6-13(11(2)9-10)15-12(3)17(4)14(16-15)7-8-18/h5-6,9,18H,7-8H2,1-4H3. The Bertz CT molecular complexity index is 570. The molecule has 0 bridgehead atoms. The van der Waals surface area contributed by atoms with Gasteiger partial charge < -0.3 is 9.67 Å². The summed E-state index contributed by atoms with van der Waals surface area (Å²) in [6.07, 6.45) is 0.599. The summed E-state index contributed by atoms with van der Waals surface area (Å²) in [4.78, 5) is 4.66. The van der Waals surface area contributed by atoms with Crippen molar-refractivity contribution in [3.8, 4) is 11.3 Å². The van der Waals surface area contributed by atoms with E-state index in [0.717, 1.165) is 17.2 Å². The van der Waals surface area contributed by atoms with E-state index in [1.807, 2.05) is 7.05 Å². The van der Waals surface area contributed by atoms with Crippen LogP contribution in [0, 0.1) is 20.8 Å². The van der Waals surface area contributed by atoms with Gasteiger partial charge in [0.05, 0.1) is 12.3 Å². The highest BCUT2D eigenvalue weighted by molar-refractivity contribution is 5.66. The van der Waals surface area contributed by atoms with E-state index in [9.17, 15) is 0 Å². The van der Waals surface area contributed by atoms with Crippen LogP contribution < -0.4 is 0 Å². The zero-order valence-corrected chi connectivity index (χ0v) is 11.5. The molecular formula is C15H20N2O. The van der Waals surface area contributed by atoms with Crippen molar-refractivity contribution in [2.24, 2.45) is 7.05 Å². The summed E-state index contributed by atoms with van der Waals surface area (Å²) in [5, 5.41) is 9.05. The molecule has 0 saturated heterocycles. The average Bonchev–Trinajstić information content (AvgIpc) is 2.58. The van der Waals surface area contributed by atoms with E-state index in [0.29, 0.717) is 6.42 Å². The quantitative estimate of drug-likeness (QED) is 0.901. The summed E-state index contributed by atoms with van der Waals surface area (Å²) in [5.74, 6) is 0.935. The second-order valence-electron chi connectivity index (χ2n) is 4.81. The number of hydrogen-bond acceptors (Lipinski definition) is 2. The predicted molar refractivity (Wildman–Crippen MR) is 73.6 cm³/mol. The summed E-state index contributed by atoms with van der Waals surface area (Å²) in [6.45, 7) is 6.42. The van der Waals surface area contributed by atoms with Crippen LogP contribution in [0.2, 0.25) is 0 Å². The van der Waals surface area contributed by atoms with Crippen LogP contribution in [-0.2, 0) is 13.5 Å². The molecular weight excluding hydrogens is 224 g/mol. The van der Waals surface area contributed by atoms with Crippen LogP contribution in [0.15, 0.2) is 18.2 Å². The molecule has 1 heterocycles. The number of benzene rings is 1. The van der Waals surface area contributed by atoms with Crippen molar-refractivity contribution >= 4 is 0 Å². The number of aliphatic hydroxyl groups excluding tert-OH is 1. The minimum absolute atomic E-state index is 0.136. The molecule has 0 fully saturated rings. The normalized spacial score (nSPS) is 10.9. The van der Waals surface area contributed by atoms with Crippen molar-refractivity contribution in [2.45, 2.75) is 27.2 Å². The molecule has 0 saturated carbocycles. The zero-order valence-electron chi connectivity index (χ0n) is 11.5. The van der Waals surface area contributed by atoms with Gasteiger partial charge in [-0.05, 0) is 26.3 Å². The topological polar surface area (TPSA) is 38.1 Å². The summed E-state index contributed by atoms with van der Waals surface area (Å²) in [5.41, 5.74) is 5.86. The second-order valence-corrected chi connectivity index (χ2v) is 4.81. The SMILES string of the molecule is Cc1ccc(-c2nc(CCO)n(C)c2C)c(C)c1. The molecule has 0 amide bonds. The van der Waals surface area contributed by atoms with Gasteiger partial charge >= 0.3 is 0 Å². The second kappa shape index (κ2) is 4.94. The van der Waals surface area contributed by atoms with Gasteiger partial charge in [-0.25, -0.2) is 4.98 Å². The van der Waals surface area contributed by atoms with Gasteiger partial charge in [-0.2, -0.15) is 0 Å². The highest BCUT2D eigenvalue weighted by Crippen LogP contribution is 2.26. The van der Waals surface area contributed by atoms with Gasteiger partial charge in [0.25, 0.3) is 0 Å². The molecule has 0 atom stereocenters. The minimum atomic E-state index is 0.136. The molecule has 0 unspecified atom stereocenters. The van der Waals surface area contributed by atoms with Crippen LogP contribution in [-0.4, -0.2) is 21.3 Å². The van der Waals surface area contributed by atoms with Crippen molar-refractivity contribution in [1.29, 1.82) is 0 Å². The summed E-state index contributed by atoms with van der Waals surface area (Å²) < 4.78 is 2.06. The van der Waals surface area contributed by atoms with E-state index in [4.69, 9.17) is 5.11 Å². The summed E-state index contributed by atoms with van der Waals surface area (Å²) in [6, 6.07) is 6.42. The molecule has 3 heteroatoms. The van der Waals surface area contributed by atoms with Gasteiger partial charge in [0.2, 0.25) is 0 Å². The first-order chi connectivity index (χ1) is 8.54. The van der Waals surface area contributed by atoms with Crippen LogP contribution in [0.1, 0.15) is 22.6 Å². The molecule has 18 heavy (non-hydrogen) atoms. The molecule has 0 spiro atoms. The maximum absolute atomic E-state index is 9.05. The number of aryl methyl sites for hydroxylation is 2. The first kappa shape index (κ1) is 12.8. The van der Waals surface area contributed by atoms with Crippen molar-refractivity contribution in [2.75, 3.05) is 6.61 Å². The van der Waals surface area contributed by atoms with E-state index in [-0.39, 0.29) is 6.61 Å². The Morgan fingerprint density at radius 2 is 1.94 bits per heavy atom. The van der Waals surface area contributed by atoms with Crippen LogP contribution in [0.25, 0.3) is 11.3 Å². The predicted octanol–water partition coefficient (Wildman–Crippen LogP) is 2.55. The number of aromatic nitrogens is 2. The monoisotopic (exact) mass is 244 g/mol. The summed E-state index contributed by atoms with van der Waals surface area (Å²) >= 11 is 0. The molecule has 0 radical (unpaired) electrons. The fourth-order valence-electron chi connectivity index (χ4n) is 2.30. The van der Waals surface area contributed by atoms with Crippen molar-refractivity contribution in [1.82, 2.24) is 9.55 Å². The fourth-order valence-corrected chi connectivity index (χ4v) is 2.30. The Morgan fingerprint density at radius 1 is 1.22 bits per heavy atom. The van der Waals surface area contributed by atoms with Crippen molar-refractivity contribution in [3.63, 3.8) is 0 Å². The van der Waals surface area contributed by atoms with E-state index < -0.39 is 0 Å². The lowest BCUT2D eigenvalue weighted by atomic mass is 10.0. The zero-order chi connectivity index (χ0) is 13.3. The van der Waals surface area contributed by atoms with Gasteiger partial charge in [-0.15, -0.1) is 0 Å². The fraction of sp³-hybridized carbons (Fsp3) is 0.400. The maximum Gasteiger partial charge on any atom is 0.111 e. The molecule has 1 N–H and O–H groups in total. The lowest BCUT2D eigenvalue weighted by Crippen LogP contribution is -2.01. The minimum Gasteiger partial charge on any atom is -0.396 e. The Balaban J connectivity index is 2.53. The molecule has 0 aliphatic rings. The molecule has 2 aromatic rings. The van der Waals surface area contributed by atoms with E-state index in [1.165, 1.54) is 16.7 Å². The molecule has 96 valence electrons. The number of hydrogen-bond donors (Lipinski definition) is 1. The number of aliphatic hydroxyl groups is 1. The highest BCUT2D eigenvalue weighted by atomic mass is 16.3. The smallest absolute Gasteiger partial charge is 0.111 e. The highest BCUT2D eigenvalue weighted by Gasteiger charge is 2.13. The Kier molecular flexibility index (Phi) is 3.53. The van der Waals surface area contributed by atoms with E-state index >= 15 is 0 Å². The van der Waals surface area contributed by atoms with Crippen LogP contribution in [0.3, 0.4) is 0 Å². The van der Waals surface area contributed by atoms with Gasteiger partial charge in [-0.1, -0.05) is 23.8 Å². The Labute approximate surface area is 108 Å². The van der Waals surface area contributed by atoms with Gasteiger partial charge in [0.15, 0.2) is 0 Å². The molecule has 1 aromatic heterocycles. The molecule has 3 nitrogen and oxygen atoms in total. The molecule has 0 aliphatic heterocycles. The maximum atomic E-state index is 9.05. The lowest BCUT2D eigenvalue weighted by molar-refractivity contribution is 0.295. The number of rotatable bonds is 3. The number of nitrogens with zero attached hydrogens (tertiary/aromatic N) is 2. The third-order valence-electron chi connectivity index (χ3n) is 3.45. The molecule has 1 aromatic carbocycles. The van der Waals surface area contributed by atoms with E-state index in [2.05, 4.69) is 48.5 Å². The van der Waals surface area contributed by atoms with Gasteiger partial charge in [-0.3, -0.25) is 0 Å². The van der Waals surface area contributed by atoms with Crippen LogP contribution in [0.4, 0.5) is 0 Å². The lowest BCUT2D eigenvalue weighted by Gasteiger charge is -2.05. The molecule has 0 aliphatic carbocycles. The van der Waals surface area contributed by atoms with Crippen LogP contribution in [0.5, 0.6) is 0 Å². The summed E-state index contributed by atoms with van der Waals surface area (Å²) in [7, 11) is 2.00. The van der Waals surface area contributed by atoms with Crippen molar-refractivity contribution < 1.29 is 5.11 Å². The third kappa shape index (κ3) is 2.18.